The van der Waals surface area contributed by atoms with Crippen LogP contribution in [0.4, 0.5) is 0 Å². The Kier molecular flexibility index (Phi) is 2.90. The third-order valence-corrected chi connectivity index (χ3v) is 4.95. The third kappa shape index (κ3) is 1.92. The van der Waals surface area contributed by atoms with Crippen molar-refractivity contribution in [2.75, 3.05) is 11.5 Å². The quantitative estimate of drug-likeness (QED) is 0.751. The molecule has 4 nitrogen and oxygen atoms in total. The first kappa shape index (κ1) is 11.5. The smallest absolute Gasteiger partial charge is 0.310 e. The second-order valence-corrected chi connectivity index (χ2v) is 6.50. The molecule has 1 fully saturated rings. The van der Waals surface area contributed by atoms with Gasteiger partial charge in [0, 0.05) is 0 Å². The summed E-state index contributed by atoms with van der Waals surface area (Å²) >= 11 is 0. The van der Waals surface area contributed by atoms with Crippen LogP contribution in [-0.2, 0) is 14.6 Å². The van der Waals surface area contributed by atoms with Gasteiger partial charge < -0.3 is 5.11 Å². The summed E-state index contributed by atoms with van der Waals surface area (Å²) in [5, 5.41) is 9.13. The summed E-state index contributed by atoms with van der Waals surface area (Å²) in [7, 11) is -3.16. The summed E-state index contributed by atoms with van der Waals surface area (Å²) in [6.07, 6.45) is 0.937. The van der Waals surface area contributed by atoms with Crippen LogP contribution in [-0.4, -0.2) is 31.0 Å². The molecule has 0 spiro atoms. The van der Waals surface area contributed by atoms with Crippen molar-refractivity contribution >= 4 is 15.8 Å². The minimum atomic E-state index is -3.16. The van der Waals surface area contributed by atoms with E-state index in [1.165, 1.54) is 0 Å². The van der Waals surface area contributed by atoms with Gasteiger partial charge >= 0.3 is 5.97 Å². The lowest BCUT2D eigenvalue weighted by molar-refractivity contribution is -0.151. The summed E-state index contributed by atoms with van der Waals surface area (Å²) in [4.78, 5) is 11.1. The van der Waals surface area contributed by atoms with Crippen molar-refractivity contribution in [1.82, 2.24) is 0 Å². The molecule has 0 amide bonds. The lowest BCUT2D eigenvalue weighted by atomic mass is 9.75. The molecule has 1 unspecified atom stereocenters. The Morgan fingerprint density at radius 3 is 2.29 bits per heavy atom. The molecule has 0 aromatic rings. The van der Waals surface area contributed by atoms with Crippen LogP contribution in [0.1, 0.15) is 26.7 Å². The first-order chi connectivity index (χ1) is 6.30. The van der Waals surface area contributed by atoms with Crippen molar-refractivity contribution in [3.05, 3.63) is 0 Å². The van der Waals surface area contributed by atoms with Gasteiger partial charge in [0.05, 0.1) is 16.9 Å². The second-order valence-electron chi connectivity index (χ2n) is 4.31. The highest BCUT2D eigenvalue weighted by Gasteiger charge is 2.47. The van der Waals surface area contributed by atoms with E-state index < -0.39 is 21.2 Å². The van der Waals surface area contributed by atoms with Gasteiger partial charge in [0.15, 0.2) is 9.84 Å². The molecule has 1 atom stereocenters. The molecule has 82 valence electrons. The normalized spacial score (nSPS) is 31.6. The van der Waals surface area contributed by atoms with Gasteiger partial charge in [-0.25, -0.2) is 8.42 Å². The zero-order valence-corrected chi connectivity index (χ0v) is 9.30. The highest BCUT2D eigenvalue weighted by molar-refractivity contribution is 7.91. The maximum Gasteiger partial charge on any atom is 0.310 e. The van der Waals surface area contributed by atoms with Crippen LogP contribution >= 0.6 is 0 Å². The monoisotopic (exact) mass is 220 g/mol. The molecule has 1 saturated heterocycles. The Hall–Kier alpha value is -0.580. The van der Waals surface area contributed by atoms with Crippen LogP contribution in [0.15, 0.2) is 0 Å². The minimum absolute atomic E-state index is 0.134. The van der Waals surface area contributed by atoms with Crippen LogP contribution in [0.3, 0.4) is 0 Å². The first-order valence-corrected chi connectivity index (χ1v) is 6.56. The molecule has 1 heterocycles. The molecule has 5 heteroatoms. The summed E-state index contributed by atoms with van der Waals surface area (Å²) in [6.45, 7) is 3.55. The van der Waals surface area contributed by atoms with Crippen LogP contribution in [0.5, 0.6) is 0 Å². The Morgan fingerprint density at radius 1 is 1.43 bits per heavy atom. The van der Waals surface area contributed by atoms with Gasteiger partial charge in [-0.1, -0.05) is 13.8 Å². The van der Waals surface area contributed by atoms with Crippen LogP contribution < -0.4 is 0 Å². The summed E-state index contributed by atoms with van der Waals surface area (Å²) in [5.74, 6) is -1.19. The molecule has 1 rings (SSSR count). The molecule has 1 aliphatic rings. The van der Waals surface area contributed by atoms with Crippen molar-refractivity contribution < 1.29 is 18.3 Å². The van der Waals surface area contributed by atoms with Crippen molar-refractivity contribution in [1.29, 1.82) is 0 Å². The SMILES string of the molecule is CC(C)C1(C(=O)O)CCCS(=O)(=O)C1. The van der Waals surface area contributed by atoms with Gasteiger partial charge in [0.25, 0.3) is 0 Å². The molecule has 14 heavy (non-hydrogen) atoms. The fourth-order valence-corrected chi connectivity index (χ4v) is 4.13. The third-order valence-electron chi connectivity index (χ3n) is 3.09. The predicted molar refractivity (Wildman–Crippen MR) is 52.8 cm³/mol. The van der Waals surface area contributed by atoms with Crippen molar-refractivity contribution in [2.45, 2.75) is 26.7 Å². The molecule has 0 aromatic heterocycles. The van der Waals surface area contributed by atoms with E-state index in [4.69, 9.17) is 5.11 Å². The van der Waals surface area contributed by atoms with E-state index in [0.717, 1.165) is 0 Å². The van der Waals surface area contributed by atoms with Crippen molar-refractivity contribution in [3.63, 3.8) is 0 Å². The van der Waals surface area contributed by atoms with Gasteiger partial charge in [-0.3, -0.25) is 4.79 Å². The molecular weight excluding hydrogens is 204 g/mol. The molecule has 0 saturated carbocycles. The fourth-order valence-electron chi connectivity index (χ4n) is 2.02. The topological polar surface area (TPSA) is 71.4 Å². The van der Waals surface area contributed by atoms with Crippen molar-refractivity contribution in [3.8, 4) is 0 Å². The van der Waals surface area contributed by atoms with E-state index >= 15 is 0 Å². The lowest BCUT2D eigenvalue weighted by Crippen LogP contribution is -2.46. The summed E-state index contributed by atoms with van der Waals surface area (Å²) < 4.78 is 22.8. The zero-order valence-electron chi connectivity index (χ0n) is 8.49. The molecular formula is C9H16O4S. The zero-order chi connectivity index (χ0) is 11.0. The van der Waals surface area contributed by atoms with E-state index in [2.05, 4.69) is 0 Å². The van der Waals surface area contributed by atoms with Crippen LogP contribution in [0.2, 0.25) is 0 Å². The number of carboxylic acid groups (broad SMARTS) is 1. The number of hydrogen-bond acceptors (Lipinski definition) is 3. The number of carbonyl (C=O) groups is 1. The Balaban J connectivity index is 3.06. The van der Waals surface area contributed by atoms with Crippen LogP contribution in [0, 0.1) is 11.3 Å². The second kappa shape index (κ2) is 3.53. The van der Waals surface area contributed by atoms with Crippen LogP contribution in [0.25, 0.3) is 0 Å². The number of carboxylic acids is 1. The predicted octanol–water partition coefficient (Wildman–Crippen LogP) is 0.922. The minimum Gasteiger partial charge on any atom is -0.481 e. The molecule has 0 radical (unpaired) electrons. The van der Waals surface area contributed by atoms with Crippen molar-refractivity contribution in [2.24, 2.45) is 11.3 Å². The molecule has 1 N–H and O–H groups in total. The van der Waals surface area contributed by atoms with Gasteiger partial charge in [-0.05, 0) is 18.8 Å². The maximum absolute atomic E-state index is 11.4. The van der Waals surface area contributed by atoms with Gasteiger partial charge in [0.2, 0.25) is 0 Å². The first-order valence-electron chi connectivity index (χ1n) is 4.74. The molecule has 0 bridgehead atoms. The number of rotatable bonds is 2. The average Bonchev–Trinajstić information content (AvgIpc) is 2.01. The van der Waals surface area contributed by atoms with E-state index in [1.807, 2.05) is 0 Å². The highest BCUT2D eigenvalue weighted by atomic mass is 32.2. The van der Waals surface area contributed by atoms with E-state index in [-0.39, 0.29) is 17.4 Å². The van der Waals surface area contributed by atoms with Gasteiger partial charge in [-0.15, -0.1) is 0 Å². The Bertz CT molecular complexity index is 331. The van der Waals surface area contributed by atoms with E-state index in [1.54, 1.807) is 13.8 Å². The molecule has 0 aliphatic carbocycles. The molecule has 1 aliphatic heterocycles. The lowest BCUT2D eigenvalue weighted by Gasteiger charge is -2.36. The maximum atomic E-state index is 11.4. The number of sulfone groups is 1. The van der Waals surface area contributed by atoms with Gasteiger partial charge in [-0.2, -0.15) is 0 Å². The Labute approximate surface area is 84.2 Å². The largest absolute Gasteiger partial charge is 0.481 e. The Morgan fingerprint density at radius 2 is 2.00 bits per heavy atom. The number of hydrogen-bond donors (Lipinski definition) is 1. The summed E-state index contributed by atoms with van der Waals surface area (Å²) in [6, 6.07) is 0. The average molecular weight is 220 g/mol. The van der Waals surface area contributed by atoms with E-state index in [0.29, 0.717) is 12.8 Å². The fraction of sp³-hybridized carbons (Fsp3) is 0.889. The standard InChI is InChI=1S/C9H16O4S/c1-7(2)9(8(10)11)4-3-5-14(12,13)6-9/h7H,3-6H2,1-2H3,(H,10,11). The van der Waals surface area contributed by atoms with E-state index in [9.17, 15) is 13.2 Å². The van der Waals surface area contributed by atoms with Gasteiger partial charge in [0.1, 0.15) is 0 Å². The number of aliphatic carboxylic acids is 1. The molecule has 0 aromatic carbocycles. The highest BCUT2D eigenvalue weighted by Crippen LogP contribution is 2.38. The summed E-state index contributed by atoms with van der Waals surface area (Å²) in [5.41, 5.74) is -1.06.